The van der Waals surface area contributed by atoms with Crippen LogP contribution in [-0.4, -0.2) is 27.6 Å². The Balaban J connectivity index is 1.97. The molecule has 7 nitrogen and oxygen atoms in total. The number of H-pyrrole nitrogens is 1. The zero-order chi connectivity index (χ0) is 20.3. The van der Waals surface area contributed by atoms with E-state index in [2.05, 4.69) is 9.71 Å². The van der Waals surface area contributed by atoms with Crippen LogP contribution < -0.4 is 14.2 Å². The highest BCUT2D eigenvalue weighted by atomic mass is 32.2. The molecule has 0 aliphatic carbocycles. The standard InChI is InChI=1S/C19H16FN3O4S/c1-26-17-4-3-5-18(27-2)19(17)16-9-13(11-22-16)28(24,25)23-15-7-6-12(10-21)8-14(15)20/h3-9,11,22-23H,1-2H3. The second-order valence-electron chi connectivity index (χ2n) is 5.70. The Kier molecular flexibility index (Phi) is 5.24. The molecule has 2 N–H and O–H groups in total. The summed E-state index contributed by atoms with van der Waals surface area (Å²) in [7, 11) is -1.08. The van der Waals surface area contributed by atoms with E-state index in [4.69, 9.17) is 14.7 Å². The van der Waals surface area contributed by atoms with Crippen molar-refractivity contribution >= 4 is 15.7 Å². The lowest BCUT2D eigenvalue weighted by molar-refractivity contribution is 0.397. The molecule has 28 heavy (non-hydrogen) atoms. The number of halogens is 1. The monoisotopic (exact) mass is 401 g/mol. The lowest BCUT2D eigenvalue weighted by Crippen LogP contribution is -2.13. The first-order chi connectivity index (χ1) is 13.4. The summed E-state index contributed by atoms with van der Waals surface area (Å²) in [6, 6.07) is 11.8. The molecule has 9 heteroatoms. The van der Waals surface area contributed by atoms with Crippen molar-refractivity contribution in [1.82, 2.24) is 4.98 Å². The number of nitriles is 1. The smallest absolute Gasteiger partial charge is 0.263 e. The molecule has 0 fully saturated rings. The maximum absolute atomic E-state index is 14.0. The third kappa shape index (κ3) is 3.63. The minimum atomic E-state index is -4.07. The fourth-order valence-corrected chi connectivity index (χ4v) is 3.72. The predicted octanol–water partition coefficient (Wildman–Crippen LogP) is 3.51. The van der Waals surface area contributed by atoms with Crippen LogP contribution in [0.4, 0.5) is 10.1 Å². The molecule has 0 amide bonds. The number of hydrogen-bond donors (Lipinski definition) is 2. The molecular weight excluding hydrogens is 385 g/mol. The van der Waals surface area contributed by atoms with Crippen molar-refractivity contribution in [2.24, 2.45) is 0 Å². The summed E-state index contributed by atoms with van der Waals surface area (Å²) < 4.78 is 52.1. The summed E-state index contributed by atoms with van der Waals surface area (Å²) in [4.78, 5) is 2.78. The van der Waals surface area contributed by atoms with Gasteiger partial charge in [-0.1, -0.05) is 6.07 Å². The van der Waals surface area contributed by atoms with Gasteiger partial charge in [0, 0.05) is 6.20 Å². The molecule has 0 aliphatic rings. The van der Waals surface area contributed by atoms with Gasteiger partial charge in [-0.05, 0) is 36.4 Å². The first-order valence-electron chi connectivity index (χ1n) is 8.02. The minimum Gasteiger partial charge on any atom is -0.496 e. The van der Waals surface area contributed by atoms with E-state index in [-0.39, 0.29) is 16.1 Å². The largest absolute Gasteiger partial charge is 0.496 e. The number of aromatic amines is 1. The molecule has 2 aromatic carbocycles. The number of anilines is 1. The average molecular weight is 401 g/mol. The average Bonchev–Trinajstić information content (AvgIpc) is 3.19. The van der Waals surface area contributed by atoms with Gasteiger partial charge in [0.05, 0.1) is 42.8 Å². The summed E-state index contributed by atoms with van der Waals surface area (Å²) in [6.07, 6.45) is 1.28. The first kappa shape index (κ1) is 19.3. The SMILES string of the molecule is COc1cccc(OC)c1-c1cc(S(=O)(=O)Nc2ccc(C#N)cc2F)c[nH]1. The van der Waals surface area contributed by atoms with Gasteiger partial charge in [0.15, 0.2) is 0 Å². The van der Waals surface area contributed by atoms with E-state index in [1.807, 2.05) is 0 Å². The third-order valence-corrected chi connectivity index (χ3v) is 5.35. The molecule has 1 heterocycles. The van der Waals surface area contributed by atoms with Crippen molar-refractivity contribution in [1.29, 1.82) is 5.26 Å². The van der Waals surface area contributed by atoms with Gasteiger partial charge in [-0.3, -0.25) is 4.72 Å². The van der Waals surface area contributed by atoms with E-state index >= 15 is 0 Å². The number of nitrogens with one attached hydrogen (secondary N) is 2. The normalized spacial score (nSPS) is 10.9. The van der Waals surface area contributed by atoms with Crippen molar-refractivity contribution in [2.75, 3.05) is 18.9 Å². The number of sulfonamides is 1. The summed E-state index contributed by atoms with van der Waals surface area (Å²) in [5.41, 5.74) is 0.845. The molecule has 0 bridgehead atoms. The van der Waals surface area contributed by atoms with E-state index in [0.717, 1.165) is 6.07 Å². The minimum absolute atomic E-state index is 0.0904. The van der Waals surface area contributed by atoms with E-state index in [9.17, 15) is 12.8 Å². The Morgan fingerprint density at radius 2 is 1.79 bits per heavy atom. The number of benzene rings is 2. The third-order valence-electron chi connectivity index (χ3n) is 4.01. The van der Waals surface area contributed by atoms with Gasteiger partial charge < -0.3 is 14.5 Å². The number of ether oxygens (including phenoxy) is 2. The summed E-state index contributed by atoms with van der Waals surface area (Å²) in [5, 5.41) is 8.78. The fourth-order valence-electron chi connectivity index (χ4n) is 2.66. The fraction of sp³-hybridized carbons (Fsp3) is 0.105. The Hall–Kier alpha value is -3.51. The molecule has 3 rings (SSSR count). The van der Waals surface area contributed by atoms with Crippen LogP contribution in [-0.2, 0) is 10.0 Å². The van der Waals surface area contributed by atoms with E-state index in [0.29, 0.717) is 22.8 Å². The predicted molar refractivity (Wildman–Crippen MR) is 101 cm³/mol. The van der Waals surface area contributed by atoms with Crippen molar-refractivity contribution in [2.45, 2.75) is 4.90 Å². The highest BCUT2D eigenvalue weighted by Crippen LogP contribution is 2.38. The van der Waals surface area contributed by atoms with Gasteiger partial charge in [0.2, 0.25) is 0 Å². The van der Waals surface area contributed by atoms with Crippen LogP contribution in [0.5, 0.6) is 11.5 Å². The number of hydrogen-bond acceptors (Lipinski definition) is 5. The highest BCUT2D eigenvalue weighted by molar-refractivity contribution is 7.92. The lowest BCUT2D eigenvalue weighted by Gasteiger charge is -2.11. The number of methoxy groups -OCH3 is 2. The van der Waals surface area contributed by atoms with Gasteiger partial charge in [0.1, 0.15) is 22.2 Å². The molecule has 3 aromatic rings. The van der Waals surface area contributed by atoms with Crippen molar-refractivity contribution in [3.8, 4) is 28.8 Å². The molecule has 0 saturated carbocycles. The maximum atomic E-state index is 14.0. The van der Waals surface area contributed by atoms with Crippen LogP contribution in [0.3, 0.4) is 0 Å². The molecular formula is C19H16FN3O4S. The second kappa shape index (κ2) is 7.62. The van der Waals surface area contributed by atoms with Crippen LogP contribution >= 0.6 is 0 Å². The molecule has 0 atom stereocenters. The quantitative estimate of drug-likeness (QED) is 0.658. The molecule has 0 radical (unpaired) electrons. The summed E-state index contributed by atoms with van der Waals surface area (Å²) in [6.45, 7) is 0. The molecule has 1 aromatic heterocycles. The number of nitrogens with zero attached hydrogens (tertiary/aromatic N) is 1. The zero-order valence-electron chi connectivity index (χ0n) is 15.0. The van der Waals surface area contributed by atoms with Gasteiger partial charge in [0.25, 0.3) is 10.0 Å². The topological polar surface area (TPSA) is 104 Å². The maximum Gasteiger partial charge on any atom is 0.263 e. The van der Waals surface area contributed by atoms with Crippen LogP contribution in [0.1, 0.15) is 5.56 Å². The van der Waals surface area contributed by atoms with Crippen molar-refractivity contribution in [3.05, 3.63) is 60.0 Å². The Bertz CT molecular complexity index is 1140. The Morgan fingerprint density at radius 3 is 2.36 bits per heavy atom. The Labute approximate surface area is 161 Å². The van der Waals surface area contributed by atoms with Crippen LogP contribution in [0.2, 0.25) is 0 Å². The highest BCUT2D eigenvalue weighted by Gasteiger charge is 2.21. The Morgan fingerprint density at radius 1 is 1.11 bits per heavy atom. The van der Waals surface area contributed by atoms with Gasteiger partial charge >= 0.3 is 0 Å². The zero-order valence-corrected chi connectivity index (χ0v) is 15.8. The molecule has 0 spiro atoms. The second-order valence-corrected chi connectivity index (χ2v) is 7.38. The van der Waals surface area contributed by atoms with E-state index < -0.39 is 15.8 Å². The lowest BCUT2D eigenvalue weighted by atomic mass is 10.1. The van der Waals surface area contributed by atoms with Gasteiger partial charge in [-0.25, -0.2) is 12.8 Å². The van der Waals surface area contributed by atoms with Gasteiger partial charge in [-0.15, -0.1) is 0 Å². The van der Waals surface area contributed by atoms with E-state index in [1.165, 1.54) is 38.6 Å². The van der Waals surface area contributed by atoms with Crippen molar-refractivity contribution in [3.63, 3.8) is 0 Å². The summed E-state index contributed by atoms with van der Waals surface area (Å²) >= 11 is 0. The molecule has 0 aliphatic heterocycles. The molecule has 0 unspecified atom stereocenters. The summed E-state index contributed by atoms with van der Waals surface area (Å²) in [5.74, 6) is 0.150. The van der Waals surface area contributed by atoms with E-state index in [1.54, 1.807) is 24.3 Å². The van der Waals surface area contributed by atoms with Crippen LogP contribution in [0, 0.1) is 17.1 Å². The van der Waals surface area contributed by atoms with Crippen LogP contribution in [0.15, 0.2) is 53.6 Å². The van der Waals surface area contributed by atoms with Crippen LogP contribution in [0.25, 0.3) is 11.3 Å². The van der Waals surface area contributed by atoms with Crippen molar-refractivity contribution < 1.29 is 22.3 Å². The number of rotatable bonds is 6. The first-order valence-corrected chi connectivity index (χ1v) is 9.50. The molecule has 0 saturated heterocycles. The van der Waals surface area contributed by atoms with Gasteiger partial charge in [-0.2, -0.15) is 5.26 Å². The number of aromatic nitrogens is 1. The molecule has 144 valence electrons.